The number of nitrogens with zero attached hydrogens (tertiary/aromatic N) is 5. The Hall–Kier alpha value is -1.95. The molecule has 0 amide bonds. The zero-order valence-corrected chi connectivity index (χ0v) is 15.8. The number of rotatable bonds is 5. The second kappa shape index (κ2) is 7.23. The third kappa shape index (κ3) is 5.06. The summed E-state index contributed by atoms with van der Waals surface area (Å²) in [4.78, 5) is 9.55. The molecule has 0 radical (unpaired) electrons. The number of piperidine rings is 1. The number of alkyl halides is 3. The Morgan fingerprint density at radius 3 is 2.52 bits per heavy atom. The van der Waals surface area contributed by atoms with Crippen LogP contribution in [0.25, 0.3) is 5.78 Å². The first kappa shape index (κ1) is 19.8. The van der Waals surface area contributed by atoms with Crippen LogP contribution in [0.3, 0.4) is 0 Å². The molecule has 0 atom stereocenters. The van der Waals surface area contributed by atoms with Gasteiger partial charge in [0, 0.05) is 43.7 Å². The maximum Gasteiger partial charge on any atom is 0.453 e. The molecule has 0 saturated carbocycles. The molecule has 3 rings (SSSR count). The number of hydrogen-bond acceptors (Lipinski definition) is 7. The van der Waals surface area contributed by atoms with E-state index in [-0.39, 0.29) is 17.6 Å². The van der Waals surface area contributed by atoms with Crippen molar-refractivity contribution in [2.45, 2.75) is 32.0 Å². The second-order valence-electron chi connectivity index (χ2n) is 6.82. The highest BCUT2D eigenvalue weighted by Gasteiger charge is 2.37. The lowest BCUT2D eigenvalue weighted by molar-refractivity contribution is -0.144. The predicted molar refractivity (Wildman–Crippen MR) is 93.3 cm³/mol. The predicted octanol–water partition coefficient (Wildman–Crippen LogP) is 1.37. The van der Waals surface area contributed by atoms with E-state index in [9.17, 15) is 21.6 Å². The summed E-state index contributed by atoms with van der Waals surface area (Å²) in [5.41, 5.74) is 0.539. The zero-order chi connectivity index (χ0) is 19.8. The number of likely N-dealkylation sites (tertiary alicyclic amines) is 1. The van der Waals surface area contributed by atoms with Crippen molar-refractivity contribution in [2.75, 3.05) is 37.0 Å². The minimum absolute atomic E-state index is 0.0445. The van der Waals surface area contributed by atoms with Crippen LogP contribution in [0, 0.1) is 6.92 Å². The van der Waals surface area contributed by atoms with Crippen LogP contribution < -0.4 is 5.32 Å². The van der Waals surface area contributed by atoms with E-state index in [2.05, 4.69) is 25.3 Å². The molecule has 2 aromatic heterocycles. The minimum Gasteiger partial charge on any atom is -0.367 e. The number of hydrogen-bond donors (Lipinski definition) is 1. The Morgan fingerprint density at radius 1 is 1.26 bits per heavy atom. The maximum atomic E-state index is 12.9. The summed E-state index contributed by atoms with van der Waals surface area (Å²) in [6.45, 7) is 3.60. The Balaban J connectivity index is 1.69. The van der Waals surface area contributed by atoms with Crippen molar-refractivity contribution in [2.24, 2.45) is 0 Å². The normalized spacial score (nSPS) is 17.5. The van der Waals surface area contributed by atoms with Crippen molar-refractivity contribution in [1.82, 2.24) is 24.5 Å². The molecule has 150 valence electrons. The molecule has 12 heteroatoms. The largest absolute Gasteiger partial charge is 0.453 e. The van der Waals surface area contributed by atoms with Gasteiger partial charge in [0.05, 0.1) is 5.75 Å². The van der Waals surface area contributed by atoms with Gasteiger partial charge >= 0.3 is 6.18 Å². The first-order chi connectivity index (χ1) is 12.5. The van der Waals surface area contributed by atoms with E-state index in [1.54, 1.807) is 13.0 Å². The van der Waals surface area contributed by atoms with E-state index in [0.29, 0.717) is 31.1 Å². The molecule has 27 heavy (non-hydrogen) atoms. The van der Waals surface area contributed by atoms with E-state index in [1.807, 2.05) is 0 Å². The molecular formula is C15H21F3N6O2S. The molecule has 0 unspecified atom stereocenters. The van der Waals surface area contributed by atoms with Crippen LogP contribution in [-0.2, 0) is 16.0 Å². The molecule has 0 aromatic carbocycles. The summed E-state index contributed by atoms with van der Waals surface area (Å²) in [6, 6.07) is 1.68. The van der Waals surface area contributed by atoms with Gasteiger partial charge in [0.15, 0.2) is 0 Å². The fourth-order valence-electron chi connectivity index (χ4n) is 3.01. The lowest BCUT2D eigenvalue weighted by Crippen LogP contribution is -2.41. The van der Waals surface area contributed by atoms with Crippen molar-refractivity contribution in [3.63, 3.8) is 0 Å². The van der Waals surface area contributed by atoms with Crippen molar-refractivity contribution in [1.29, 1.82) is 0 Å². The third-order valence-electron chi connectivity index (χ3n) is 4.41. The van der Waals surface area contributed by atoms with E-state index < -0.39 is 21.8 Å². The van der Waals surface area contributed by atoms with Gasteiger partial charge < -0.3 is 10.2 Å². The van der Waals surface area contributed by atoms with Gasteiger partial charge in [-0.25, -0.2) is 13.4 Å². The minimum atomic E-state index is -4.64. The number of nitrogens with one attached hydrogen (secondary N) is 1. The molecule has 1 N–H and O–H groups in total. The number of aromatic nitrogens is 4. The van der Waals surface area contributed by atoms with Gasteiger partial charge in [0.25, 0.3) is 11.6 Å². The number of sulfone groups is 1. The summed E-state index contributed by atoms with van der Waals surface area (Å²) >= 11 is 0. The Labute approximate surface area is 154 Å². The smallest absolute Gasteiger partial charge is 0.367 e. The van der Waals surface area contributed by atoms with Crippen LogP contribution in [0.1, 0.15) is 24.4 Å². The maximum absolute atomic E-state index is 12.9. The molecule has 0 bridgehead atoms. The topological polar surface area (TPSA) is 92.5 Å². The van der Waals surface area contributed by atoms with Gasteiger partial charge in [-0.05, 0) is 19.8 Å². The quantitative estimate of drug-likeness (QED) is 0.802. The standard InChI is InChI=1S/C15H21F3N6O2S/c1-10-9-12(24-14(19-10)21-13(22-24)15(16,17)18)20-11-3-5-23(6-4-11)7-8-27(2,25)26/h9,11,20H,3-8H2,1-2H3. The lowest BCUT2D eigenvalue weighted by atomic mass is 10.1. The van der Waals surface area contributed by atoms with Gasteiger partial charge in [-0.2, -0.15) is 22.7 Å². The van der Waals surface area contributed by atoms with Gasteiger partial charge in [0.2, 0.25) is 0 Å². The molecule has 1 aliphatic rings. The summed E-state index contributed by atoms with van der Waals surface area (Å²) in [5.74, 6) is -0.793. The molecule has 2 aromatic rings. The van der Waals surface area contributed by atoms with Crippen molar-refractivity contribution >= 4 is 21.4 Å². The molecule has 0 spiro atoms. The van der Waals surface area contributed by atoms with E-state index >= 15 is 0 Å². The summed E-state index contributed by atoms with van der Waals surface area (Å²) < 4.78 is 62.3. The van der Waals surface area contributed by atoms with Crippen molar-refractivity contribution in [3.8, 4) is 0 Å². The number of halogens is 3. The van der Waals surface area contributed by atoms with Crippen LogP contribution >= 0.6 is 0 Å². The van der Waals surface area contributed by atoms with E-state index in [0.717, 1.165) is 17.4 Å². The van der Waals surface area contributed by atoms with Crippen LogP contribution in [0.15, 0.2) is 6.07 Å². The van der Waals surface area contributed by atoms with Gasteiger partial charge in [-0.15, -0.1) is 5.10 Å². The molecule has 0 aliphatic carbocycles. The first-order valence-electron chi connectivity index (χ1n) is 8.49. The monoisotopic (exact) mass is 406 g/mol. The number of aryl methyl sites for hydroxylation is 1. The first-order valence-corrected chi connectivity index (χ1v) is 10.6. The van der Waals surface area contributed by atoms with Crippen LogP contribution in [0.4, 0.5) is 19.0 Å². The number of anilines is 1. The highest BCUT2D eigenvalue weighted by molar-refractivity contribution is 7.90. The second-order valence-corrected chi connectivity index (χ2v) is 9.08. The summed E-state index contributed by atoms with van der Waals surface area (Å²) in [6.07, 6.45) is -1.93. The van der Waals surface area contributed by atoms with Crippen LogP contribution in [-0.4, -0.2) is 70.6 Å². The molecule has 3 heterocycles. The highest BCUT2D eigenvalue weighted by atomic mass is 32.2. The van der Waals surface area contributed by atoms with Gasteiger partial charge in [-0.3, -0.25) is 0 Å². The van der Waals surface area contributed by atoms with Gasteiger partial charge in [0.1, 0.15) is 15.7 Å². The molecule has 1 aliphatic heterocycles. The molecule has 1 fully saturated rings. The third-order valence-corrected chi connectivity index (χ3v) is 5.34. The summed E-state index contributed by atoms with van der Waals surface area (Å²) in [5, 5.41) is 6.77. The van der Waals surface area contributed by atoms with Crippen LogP contribution in [0.2, 0.25) is 0 Å². The van der Waals surface area contributed by atoms with Crippen molar-refractivity contribution < 1.29 is 21.6 Å². The summed E-state index contributed by atoms with van der Waals surface area (Å²) in [7, 11) is -3.00. The number of fused-ring (bicyclic) bond motifs is 1. The highest BCUT2D eigenvalue weighted by Crippen LogP contribution is 2.27. The molecule has 1 saturated heterocycles. The fraction of sp³-hybridized carbons (Fsp3) is 0.667. The zero-order valence-electron chi connectivity index (χ0n) is 15.0. The Morgan fingerprint density at radius 2 is 1.93 bits per heavy atom. The van der Waals surface area contributed by atoms with Crippen LogP contribution in [0.5, 0.6) is 0 Å². The van der Waals surface area contributed by atoms with E-state index in [1.165, 1.54) is 6.26 Å². The Kier molecular flexibility index (Phi) is 5.30. The lowest BCUT2D eigenvalue weighted by Gasteiger charge is -2.32. The molecule has 8 nitrogen and oxygen atoms in total. The Bertz CT molecular complexity index is 920. The van der Waals surface area contributed by atoms with Crippen molar-refractivity contribution in [3.05, 3.63) is 17.6 Å². The molecular weight excluding hydrogens is 385 g/mol. The average molecular weight is 406 g/mol. The average Bonchev–Trinajstić information content (AvgIpc) is 2.98. The van der Waals surface area contributed by atoms with E-state index in [4.69, 9.17) is 0 Å². The fourth-order valence-corrected chi connectivity index (χ4v) is 3.60. The SMILES string of the molecule is Cc1cc(NC2CCN(CCS(C)(=O)=O)CC2)n2nc(C(F)(F)F)nc2n1. The van der Waals surface area contributed by atoms with Gasteiger partial charge in [-0.1, -0.05) is 0 Å².